The molecular weight excluding hydrogens is 318 g/mol. The number of carbonyl (C=O) groups is 1. The van der Waals surface area contributed by atoms with Crippen molar-refractivity contribution >= 4 is 33.2 Å². The summed E-state index contributed by atoms with van der Waals surface area (Å²) in [5.41, 5.74) is 0.884. The predicted octanol–water partition coefficient (Wildman–Crippen LogP) is 3.67. The van der Waals surface area contributed by atoms with E-state index in [1.54, 1.807) is 0 Å². The maximum Gasteiger partial charge on any atom is 0.356 e. The monoisotopic (exact) mass is 327 g/mol. The molecule has 1 aromatic carbocycles. The number of carboxylic acids is 1. The molecule has 0 amide bonds. The summed E-state index contributed by atoms with van der Waals surface area (Å²) in [7, 11) is 0. The van der Waals surface area contributed by atoms with E-state index in [0.29, 0.717) is 15.4 Å². The number of carboxylic acid groups (broad SMARTS) is 1. The molecule has 1 aromatic heterocycles. The number of benzene rings is 1. The molecule has 0 atom stereocenters. The number of hydrogen-bond donors (Lipinski definition) is 1. The van der Waals surface area contributed by atoms with Crippen molar-refractivity contribution in [3.05, 3.63) is 33.9 Å². The van der Waals surface area contributed by atoms with Gasteiger partial charge in [0.2, 0.25) is 0 Å². The van der Waals surface area contributed by atoms with Crippen molar-refractivity contribution < 1.29 is 14.6 Å². The highest BCUT2D eigenvalue weighted by atomic mass is 79.9. The summed E-state index contributed by atoms with van der Waals surface area (Å²) in [5.74, 6) is -0.262. The summed E-state index contributed by atoms with van der Waals surface area (Å²) in [6.07, 6.45) is 0. The minimum absolute atomic E-state index is 0.0658. The first-order valence-electron chi connectivity index (χ1n) is 5.24. The molecule has 0 saturated heterocycles. The van der Waals surface area contributed by atoms with Gasteiger partial charge in [0.05, 0.1) is 11.5 Å². The normalized spacial score (nSPS) is 10.3. The fraction of sp³-hybridized carbons (Fsp3) is 0.167. The van der Waals surface area contributed by atoms with Gasteiger partial charge in [-0.05, 0) is 52.7 Å². The minimum atomic E-state index is -1.03. The molecular formula is C12H10BrNO3S. The first-order chi connectivity index (χ1) is 8.61. The fourth-order valence-corrected chi connectivity index (χ4v) is 2.96. The van der Waals surface area contributed by atoms with Crippen molar-refractivity contribution in [2.75, 3.05) is 6.61 Å². The summed E-state index contributed by atoms with van der Waals surface area (Å²) in [6.45, 7) is 2.52. The summed E-state index contributed by atoms with van der Waals surface area (Å²) in [6, 6.07) is 7.30. The van der Waals surface area contributed by atoms with Gasteiger partial charge in [-0.1, -0.05) is 0 Å². The highest BCUT2D eigenvalue weighted by Gasteiger charge is 2.17. The van der Waals surface area contributed by atoms with Gasteiger partial charge in [0.1, 0.15) is 5.75 Å². The highest BCUT2D eigenvalue weighted by molar-refractivity contribution is 9.11. The van der Waals surface area contributed by atoms with E-state index in [0.717, 1.165) is 11.3 Å². The van der Waals surface area contributed by atoms with E-state index < -0.39 is 5.97 Å². The third kappa shape index (κ3) is 2.70. The van der Waals surface area contributed by atoms with Gasteiger partial charge in [-0.25, -0.2) is 9.78 Å². The van der Waals surface area contributed by atoms with Crippen LogP contribution in [0.25, 0.3) is 10.4 Å². The Morgan fingerprint density at radius 3 is 2.67 bits per heavy atom. The Kier molecular flexibility index (Phi) is 3.98. The van der Waals surface area contributed by atoms with Crippen LogP contribution in [0.4, 0.5) is 0 Å². The van der Waals surface area contributed by atoms with Crippen LogP contribution in [0.3, 0.4) is 0 Å². The van der Waals surface area contributed by atoms with Crippen LogP contribution in [-0.2, 0) is 0 Å². The number of nitrogens with zero attached hydrogens (tertiary/aromatic N) is 1. The van der Waals surface area contributed by atoms with Crippen LogP contribution < -0.4 is 4.74 Å². The van der Waals surface area contributed by atoms with Gasteiger partial charge in [0, 0.05) is 0 Å². The Balaban J connectivity index is 2.39. The lowest BCUT2D eigenvalue weighted by molar-refractivity contribution is 0.0692. The molecule has 0 aliphatic rings. The van der Waals surface area contributed by atoms with Crippen LogP contribution >= 0.6 is 27.3 Å². The number of ether oxygens (including phenoxy) is 1. The molecule has 0 radical (unpaired) electrons. The number of rotatable bonds is 4. The average Bonchev–Trinajstić information content (AvgIpc) is 2.73. The fourth-order valence-electron chi connectivity index (χ4n) is 1.50. The molecule has 0 unspecified atom stereocenters. The second kappa shape index (κ2) is 5.49. The molecule has 0 saturated carbocycles. The first-order valence-corrected chi connectivity index (χ1v) is 6.85. The van der Waals surface area contributed by atoms with Gasteiger partial charge in [-0.2, -0.15) is 0 Å². The van der Waals surface area contributed by atoms with Crippen LogP contribution in [0, 0.1) is 0 Å². The van der Waals surface area contributed by atoms with Crippen molar-refractivity contribution in [2.24, 2.45) is 0 Å². The maximum absolute atomic E-state index is 11.1. The van der Waals surface area contributed by atoms with Crippen LogP contribution in [0.5, 0.6) is 5.75 Å². The van der Waals surface area contributed by atoms with Crippen molar-refractivity contribution in [1.29, 1.82) is 0 Å². The molecule has 94 valence electrons. The van der Waals surface area contributed by atoms with Gasteiger partial charge in [0.15, 0.2) is 9.61 Å². The van der Waals surface area contributed by atoms with Gasteiger partial charge >= 0.3 is 5.97 Å². The Labute approximate surface area is 116 Å². The van der Waals surface area contributed by atoms with E-state index >= 15 is 0 Å². The Morgan fingerprint density at radius 1 is 1.44 bits per heavy atom. The molecule has 18 heavy (non-hydrogen) atoms. The summed E-state index contributed by atoms with van der Waals surface area (Å²) in [4.78, 5) is 15.7. The lowest BCUT2D eigenvalue weighted by Crippen LogP contribution is -1.98. The number of aromatic nitrogens is 1. The molecule has 0 spiro atoms. The molecule has 6 heteroatoms. The van der Waals surface area contributed by atoms with Crippen LogP contribution in [0.1, 0.15) is 17.4 Å². The van der Waals surface area contributed by atoms with E-state index in [9.17, 15) is 4.79 Å². The van der Waals surface area contributed by atoms with E-state index in [2.05, 4.69) is 20.9 Å². The second-order valence-electron chi connectivity index (χ2n) is 3.41. The third-order valence-electron chi connectivity index (χ3n) is 2.23. The smallest absolute Gasteiger partial charge is 0.356 e. The number of halogens is 1. The SMILES string of the molecule is CCOc1ccc(-c2sc(Br)nc2C(=O)O)cc1. The lowest BCUT2D eigenvalue weighted by Gasteiger charge is -2.04. The van der Waals surface area contributed by atoms with Crippen LogP contribution in [-0.4, -0.2) is 22.7 Å². The molecule has 2 rings (SSSR count). The zero-order valence-corrected chi connectivity index (χ0v) is 11.9. The molecule has 1 heterocycles. The summed E-state index contributed by atoms with van der Waals surface area (Å²) >= 11 is 4.51. The van der Waals surface area contributed by atoms with E-state index in [1.165, 1.54) is 11.3 Å². The maximum atomic E-state index is 11.1. The average molecular weight is 328 g/mol. The summed E-state index contributed by atoms with van der Waals surface area (Å²) < 4.78 is 5.90. The standard InChI is InChI=1S/C12H10BrNO3S/c1-2-17-8-5-3-7(4-6-8)10-9(11(15)16)14-12(13)18-10/h3-6H,2H2,1H3,(H,15,16). The molecule has 0 aliphatic carbocycles. The number of hydrogen-bond acceptors (Lipinski definition) is 4. The van der Waals surface area contributed by atoms with E-state index in [1.807, 2.05) is 31.2 Å². The van der Waals surface area contributed by atoms with Gasteiger partial charge in [-0.3, -0.25) is 0 Å². The first kappa shape index (κ1) is 13.0. The Morgan fingerprint density at radius 2 is 2.11 bits per heavy atom. The molecule has 0 fully saturated rings. The van der Waals surface area contributed by atoms with Crippen molar-refractivity contribution in [3.8, 4) is 16.2 Å². The lowest BCUT2D eigenvalue weighted by atomic mass is 10.1. The van der Waals surface area contributed by atoms with Gasteiger partial charge < -0.3 is 9.84 Å². The molecule has 4 nitrogen and oxygen atoms in total. The Hall–Kier alpha value is -1.40. The van der Waals surface area contributed by atoms with Crippen molar-refractivity contribution in [2.45, 2.75) is 6.92 Å². The zero-order valence-electron chi connectivity index (χ0n) is 9.51. The zero-order chi connectivity index (χ0) is 13.1. The van der Waals surface area contributed by atoms with E-state index in [-0.39, 0.29) is 5.69 Å². The van der Waals surface area contributed by atoms with Crippen molar-refractivity contribution in [1.82, 2.24) is 4.98 Å². The van der Waals surface area contributed by atoms with Crippen LogP contribution in [0.15, 0.2) is 28.2 Å². The topological polar surface area (TPSA) is 59.4 Å². The highest BCUT2D eigenvalue weighted by Crippen LogP contribution is 2.33. The van der Waals surface area contributed by atoms with Gasteiger partial charge in [-0.15, -0.1) is 11.3 Å². The number of thiazole rings is 1. The minimum Gasteiger partial charge on any atom is -0.494 e. The molecule has 0 bridgehead atoms. The van der Waals surface area contributed by atoms with E-state index in [4.69, 9.17) is 9.84 Å². The number of aromatic carboxylic acids is 1. The van der Waals surface area contributed by atoms with Crippen molar-refractivity contribution in [3.63, 3.8) is 0 Å². The molecule has 0 aliphatic heterocycles. The second-order valence-corrected chi connectivity index (χ2v) is 5.68. The summed E-state index contributed by atoms with van der Waals surface area (Å²) in [5, 5.41) is 9.08. The predicted molar refractivity (Wildman–Crippen MR) is 73.4 cm³/mol. The third-order valence-corrected chi connectivity index (χ3v) is 3.79. The Bertz CT molecular complexity index is 565. The molecule has 2 aromatic rings. The molecule has 1 N–H and O–H groups in total. The largest absolute Gasteiger partial charge is 0.494 e. The quantitative estimate of drug-likeness (QED) is 0.930. The van der Waals surface area contributed by atoms with Gasteiger partial charge in [0.25, 0.3) is 0 Å². The van der Waals surface area contributed by atoms with Crippen LogP contribution in [0.2, 0.25) is 0 Å².